The summed E-state index contributed by atoms with van der Waals surface area (Å²) in [7, 11) is 0. The first kappa shape index (κ1) is 2.91. The molecule has 28 valence electrons. The maximum Gasteiger partial charge on any atom is 0.244 e. The maximum absolute atomic E-state index is 9.62. The van der Waals surface area contributed by atoms with E-state index in [2.05, 4.69) is 18.2 Å². The predicted molar refractivity (Wildman–Crippen MR) is 21.1 cm³/mol. The van der Waals surface area contributed by atoms with Crippen molar-refractivity contribution in [1.29, 1.82) is 0 Å². The zero-order chi connectivity index (χ0) is 5.15. The Morgan fingerprint density at radius 2 is 2.60 bits per heavy atom. The third kappa shape index (κ3) is 3.70. The monoisotopic (exact) mass is 91.0 g/mol. The van der Waals surface area contributed by atoms with E-state index in [9.17, 15) is 4.79 Å². The van der Waals surface area contributed by atoms with E-state index in [1.165, 1.54) is 0 Å². The number of hydrogen-bond acceptors (Lipinski definition) is 1. The van der Waals surface area contributed by atoms with Crippen LogP contribution in [-0.2, 0) is 4.79 Å². The molecule has 1 nitrogen and oxygen atoms in total. The molecule has 0 aliphatic rings. The van der Waals surface area contributed by atoms with E-state index in [0.717, 1.165) is 0 Å². The number of hydrogen-bond donors (Lipinski definition) is 0. The molecule has 0 N–H and O–H groups in total. The highest BCUT2D eigenvalue weighted by atomic mass is 35.5. The molecule has 0 radical (unpaired) electrons. The fourth-order valence-electron chi connectivity index (χ4n) is 0. The highest BCUT2D eigenvalue weighted by Gasteiger charge is 1.74. The number of allylic oxidation sites excluding steroid dienone is 1. The average molecular weight is 91.5 g/mol. The van der Waals surface area contributed by atoms with Crippen molar-refractivity contribution in [1.82, 2.24) is 0 Å². The minimum Gasteiger partial charge on any atom is -0.276 e. The lowest BCUT2D eigenvalue weighted by Crippen LogP contribution is -1.67. The van der Waals surface area contributed by atoms with Gasteiger partial charge in [-0.15, -0.1) is 0 Å². The Hall–Kier alpha value is -0.300. The second kappa shape index (κ2) is 1.97. The zero-order valence-electron chi connectivity index (χ0n) is 3.49. The van der Waals surface area contributed by atoms with Gasteiger partial charge in [0.05, 0.1) is 1.37 Å². The van der Waals surface area contributed by atoms with Crippen molar-refractivity contribution in [3.63, 3.8) is 0 Å². The molecule has 0 aliphatic carbocycles. The summed E-state index contributed by atoms with van der Waals surface area (Å²) in [5.41, 5.74) is 0. The molecule has 2 heteroatoms. The molecule has 0 aliphatic heterocycles. The van der Waals surface area contributed by atoms with Gasteiger partial charge in [-0.2, -0.15) is 0 Å². The average Bonchev–Trinajstić information content (AvgIpc) is 1.36. The molecular weight excluding hydrogens is 87.5 g/mol. The Labute approximate surface area is 36.6 Å². The molecule has 0 saturated heterocycles. The Morgan fingerprint density at radius 1 is 2.40 bits per heavy atom. The van der Waals surface area contributed by atoms with Gasteiger partial charge in [-0.25, -0.2) is 0 Å². The van der Waals surface area contributed by atoms with Crippen molar-refractivity contribution in [2.45, 2.75) is 0 Å². The Morgan fingerprint density at radius 3 is 2.60 bits per heavy atom. The first-order valence-corrected chi connectivity index (χ1v) is 1.37. The van der Waals surface area contributed by atoms with Crippen LogP contribution in [0.4, 0.5) is 0 Å². The third-order valence-corrected chi connectivity index (χ3v) is 0.273. The summed E-state index contributed by atoms with van der Waals surface area (Å²) in [5.74, 6) is 0. The molecule has 0 bridgehead atoms. The van der Waals surface area contributed by atoms with Crippen LogP contribution >= 0.6 is 11.6 Å². The first-order chi connectivity index (χ1) is 2.64. The van der Waals surface area contributed by atoms with Gasteiger partial charge >= 0.3 is 0 Å². The van der Waals surface area contributed by atoms with Crippen LogP contribution in [0.1, 0.15) is 1.37 Å². The molecule has 0 heterocycles. The standard InChI is InChI=1S/C3H3ClO/c1-2-3(4)5/h2H,1H2/i2D. The largest absolute Gasteiger partial charge is 0.276 e. The van der Waals surface area contributed by atoms with Crippen molar-refractivity contribution < 1.29 is 6.17 Å². The molecule has 0 rings (SSSR count). The molecule has 0 aromatic rings. The third-order valence-electron chi connectivity index (χ3n) is 0.139. The quantitative estimate of drug-likeness (QED) is 0.347. The summed E-state index contributed by atoms with van der Waals surface area (Å²) < 4.78 is 6.36. The van der Waals surface area contributed by atoms with E-state index in [1.807, 2.05) is 0 Å². The summed E-state index contributed by atoms with van der Waals surface area (Å²) in [5, 5.41) is -0.796. The van der Waals surface area contributed by atoms with Gasteiger partial charge in [-0.3, -0.25) is 4.79 Å². The summed E-state index contributed by atoms with van der Waals surface area (Å²) in [6.45, 7) is 2.94. The molecular formula is C3H3ClO. The van der Waals surface area contributed by atoms with Crippen LogP contribution in [0.25, 0.3) is 0 Å². The summed E-state index contributed by atoms with van der Waals surface area (Å²) in [6.07, 6.45) is 0. The van der Waals surface area contributed by atoms with Crippen LogP contribution in [0.3, 0.4) is 0 Å². The predicted octanol–water partition coefficient (Wildman–Crippen LogP) is 0.938. The topological polar surface area (TPSA) is 17.1 Å². The van der Waals surface area contributed by atoms with E-state index < -0.39 is 5.24 Å². The number of carbonyl (C=O) groups is 1. The molecule has 0 spiro atoms. The lowest BCUT2D eigenvalue weighted by atomic mass is 10.7. The number of rotatable bonds is 1. The van der Waals surface area contributed by atoms with Gasteiger partial charge in [0.25, 0.3) is 0 Å². The second-order valence-corrected chi connectivity index (χ2v) is 0.794. The van der Waals surface area contributed by atoms with Crippen LogP contribution in [0.5, 0.6) is 0 Å². The number of halogens is 1. The minimum absolute atomic E-state index is 0.364. The molecule has 0 aromatic carbocycles. The van der Waals surface area contributed by atoms with E-state index >= 15 is 0 Å². The molecule has 0 amide bonds. The highest BCUT2D eigenvalue weighted by Crippen LogP contribution is 1.74. The van der Waals surface area contributed by atoms with Gasteiger partial charge in [0, 0.05) is 0 Å². The van der Waals surface area contributed by atoms with Gasteiger partial charge in [0.2, 0.25) is 5.24 Å². The normalized spacial score (nSPS) is 9.40. The molecule has 0 unspecified atom stereocenters. The molecule has 0 saturated carbocycles. The maximum atomic E-state index is 9.62. The lowest BCUT2D eigenvalue weighted by molar-refractivity contribution is -0.107. The summed E-state index contributed by atoms with van der Waals surface area (Å²) in [6, 6.07) is -0.364. The van der Waals surface area contributed by atoms with Crippen molar-refractivity contribution in [3.05, 3.63) is 12.6 Å². The van der Waals surface area contributed by atoms with Gasteiger partial charge in [-0.1, -0.05) is 6.58 Å². The van der Waals surface area contributed by atoms with Crippen LogP contribution < -0.4 is 0 Å². The fraction of sp³-hybridized carbons (Fsp3) is 0. The van der Waals surface area contributed by atoms with Crippen molar-refractivity contribution in [3.8, 4) is 0 Å². The molecule has 0 atom stereocenters. The SMILES string of the molecule is [2H]C(=C)C(=O)Cl. The van der Waals surface area contributed by atoms with Crippen LogP contribution in [0, 0.1) is 0 Å². The summed E-state index contributed by atoms with van der Waals surface area (Å²) >= 11 is 4.69. The van der Waals surface area contributed by atoms with Crippen molar-refractivity contribution in [2.75, 3.05) is 0 Å². The van der Waals surface area contributed by atoms with Crippen LogP contribution in [0.15, 0.2) is 12.6 Å². The number of carbonyl (C=O) groups excluding carboxylic acids is 1. The van der Waals surface area contributed by atoms with Crippen molar-refractivity contribution in [2.24, 2.45) is 0 Å². The van der Waals surface area contributed by atoms with Gasteiger partial charge in [0.15, 0.2) is 0 Å². The van der Waals surface area contributed by atoms with E-state index in [-0.39, 0.29) is 6.05 Å². The van der Waals surface area contributed by atoms with Gasteiger partial charge in [0.1, 0.15) is 0 Å². The van der Waals surface area contributed by atoms with Gasteiger partial charge < -0.3 is 0 Å². The van der Waals surface area contributed by atoms with Crippen LogP contribution in [0.2, 0.25) is 0 Å². The fourth-order valence-corrected chi connectivity index (χ4v) is 0. The summed E-state index contributed by atoms with van der Waals surface area (Å²) in [4.78, 5) is 9.62. The highest BCUT2D eigenvalue weighted by molar-refractivity contribution is 6.66. The molecule has 0 aromatic heterocycles. The Balaban J connectivity index is 3.57. The zero-order valence-corrected chi connectivity index (χ0v) is 3.25. The molecule has 5 heavy (non-hydrogen) atoms. The van der Waals surface area contributed by atoms with E-state index in [0.29, 0.717) is 0 Å². The van der Waals surface area contributed by atoms with Crippen molar-refractivity contribution >= 4 is 16.8 Å². The smallest absolute Gasteiger partial charge is 0.244 e. The van der Waals surface area contributed by atoms with Gasteiger partial charge in [-0.05, 0) is 17.7 Å². The first-order valence-electron chi connectivity index (χ1n) is 1.50. The second-order valence-electron chi connectivity index (χ2n) is 0.450. The minimum atomic E-state index is -0.796. The Bertz CT molecular complexity index is 76.8. The molecule has 0 fully saturated rings. The lowest BCUT2D eigenvalue weighted by Gasteiger charge is -1.59. The van der Waals surface area contributed by atoms with E-state index in [4.69, 9.17) is 1.37 Å². The van der Waals surface area contributed by atoms with E-state index in [1.54, 1.807) is 0 Å². The Kier molecular flexibility index (Phi) is 1.15. The van der Waals surface area contributed by atoms with Crippen LogP contribution in [-0.4, -0.2) is 5.24 Å².